The molecular formula is C14H17NO4. The van der Waals surface area contributed by atoms with Gasteiger partial charge in [0.1, 0.15) is 5.76 Å². The summed E-state index contributed by atoms with van der Waals surface area (Å²) in [6.45, 7) is 0.357. The highest BCUT2D eigenvalue weighted by Gasteiger charge is 2.17. The van der Waals surface area contributed by atoms with Crippen molar-refractivity contribution in [1.29, 1.82) is 0 Å². The smallest absolute Gasteiger partial charge is 0.303 e. The van der Waals surface area contributed by atoms with Crippen LogP contribution in [0.1, 0.15) is 24.5 Å². The lowest BCUT2D eigenvalue weighted by Gasteiger charge is -2.09. The van der Waals surface area contributed by atoms with E-state index in [4.69, 9.17) is 20.0 Å². The number of methoxy groups -OCH3 is 1. The molecule has 1 atom stereocenters. The summed E-state index contributed by atoms with van der Waals surface area (Å²) in [6, 6.07) is 7.53. The topological polar surface area (TPSA) is 85.7 Å². The van der Waals surface area contributed by atoms with E-state index < -0.39 is 5.97 Å². The van der Waals surface area contributed by atoms with E-state index in [0.29, 0.717) is 30.1 Å². The number of hydrogen-bond donors (Lipinski definition) is 2. The van der Waals surface area contributed by atoms with Gasteiger partial charge in [-0.15, -0.1) is 0 Å². The van der Waals surface area contributed by atoms with Crippen LogP contribution in [0.2, 0.25) is 0 Å². The molecule has 1 aromatic heterocycles. The number of hydrogen-bond acceptors (Lipinski definition) is 4. The summed E-state index contributed by atoms with van der Waals surface area (Å²) in [7, 11) is 1.59. The van der Waals surface area contributed by atoms with Crippen molar-refractivity contribution in [3.8, 4) is 5.75 Å². The Morgan fingerprint density at radius 2 is 2.32 bits per heavy atom. The quantitative estimate of drug-likeness (QED) is 0.835. The molecule has 0 radical (unpaired) electrons. The van der Waals surface area contributed by atoms with Gasteiger partial charge in [-0.25, -0.2) is 0 Å². The number of ether oxygens (including phenoxy) is 1. The maximum atomic E-state index is 10.6. The van der Waals surface area contributed by atoms with Gasteiger partial charge in [-0.2, -0.15) is 0 Å². The van der Waals surface area contributed by atoms with E-state index in [1.807, 2.05) is 24.3 Å². The fourth-order valence-corrected chi connectivity index (χ4v) is 2.09. The Bertz CT molecular complexity index is 576. The van der Waals surface area contributed by atoms with Gasteiger partial charge in [-0.1, -0.05) is 12.1 Å². The van der Waals surface area contributed by atoms with Crippen LogP contribution in [-0.2, 0) is 4.79 Å². The van der Waals surface area contributed by atoms with Crippen LogP contribution in [-0.4, -0.2) is 24.7 Å². The van der Waals surface area contributed by atoms with Gasteiger partial charge in [0.05, 0.1) is 7.11 Å². The Kier molecular flexibility index (Phi) is 4.06. The third-order valence-electron chi connectivity index (χ3n) is 3.14. The number of fused-ring (bicyclic) bond motifs is 1. The Morgan fingerprint density at radius 3 is 2.95 bits per heavy atom. The number of benzene rings is 1. The number of furan rings is 1. The zero-order valence-corrected chi connectivity index (χ0v) is 10.8. The average Bonchev–Trinajstić information content (AvgIpc) is 2.82. The molecule has 0 saturated heterocycles. The molecule has 5 nitrogen and oxygen atoms in total. The predicted molar refractivity (Wildman–Crippen MR) is 71.4 cm³/mol. The molecule has 0 amide bonds. The van der Waals surface area contributed by atoms with Crippen LogP contribution in [0.3, 0.4) is 0 Å². The van der Waals surface area contributed by atoms with Crippen LogP contribution >= 0.6 is 0 Å². The van der Waals surface area contributed by atoms with Gasteiger partial charge < -0.3 is 20.0 Å². The number of para-hydroxylation sites is 1. The molecular weight excluding hydrogens is 246 g/mol. The van der Waals surface area contributed by atoms with Crippen LogP contribution in [0.15, 0.2) is 28.7 Å². The Hall–Kier alpha value is -2.01. The minimum absolute atomic E-state index is 0.0794. The lowest BCUT2D eigenvalue weighted by Crippen LogP contribution is -2.13. The number of carbonyl (C=O) groups is 1. The van der Waals surface area contributed by atoms with Gasteiger partial charge >= 0.3 is 5.97 Å². The Balaban J connectivity index is 2.30. The fourth-order valence-electron chi connectivity index (χ4n) is 2.09. The molecule has 1 heterocycles. The van der Waals surface area contributed by atoms with E-state index in [9.17, 15) is 4.79 Å². The summed E-state index contributed by atoms with van der Waals surface area (Å²) in [5.74, 6) is 0.460. The maximum Gasteiger partial charge on any atom is 0.303 e. The third kappa shape index (κ3) is 2.88. The van der Waals surface area contributed by atoms with E-state index in [0.717, 1.165) is 5.39 Å². The van der Waals surface area contributed by atoms with E-state index in [1.165, 1.54) is 0 Å². The molecule has 2 rings (SSSR count). The lowest BCUT2D eigenvalue weighted by molar-refractivity contribution is -0.137. The maximum absolute atomic E-state index is 10.6. The molecule has 102 valence electrons. The van der Waals surface area contributed by atoms with Crippen molar-refractivity contribution in [2.24, 2.45) is 5.73 Å². The van der Waals surface area contributed by atoms with Crippen LogP contribution in [0.5, 0.6) is 5.75 Å². The molecule has 0 aliphatic rings. The summed E-state index contributed by atoms with van der Waals surface area (Å²) in [6.07, 6.45) is 0.546. The zero-order valence-electron chi connectivity index (χ0n) is 10.8. The first kappa shape index (κ1) is 13.4. The second-order valence-corrected chi connectivity index (χ2v) is 4.39. The van der Waals surface area contributed by atoms with Crippen molar-refractivity contribution >= 4 is 16.9 Å². The van der Waals surface area contributed by atoms with Crippen molar-refractivity contribution in [1.82, 2.24) is 0 Å². The second-order valence-electron chi connectivity index (χ2n) is 4.39. The molecule has 0 aliphatic carbocycles. The van der Waals surface area contributed by atoms with Gasteiger partial charge in [-0.05, 0) is 18.6 Å². The number of carboxylic acids is 1. The third-order valence-corrected chi connectivity index (χ3v) is 3.14. The van der Waals surface area contributed by atoms with Crippen LogP contribution in [0.4, 0.5) is 0 Å². The molecule has 3 N–H and O–H groups in total. The molecule has 0 bridgehead atoms. The Morgan fingerprint density at radius 1 is 1.53 bits per heavy atom. The van der Waals surface area contributed by atoms with E-state index in [-0.39, 0.29) is 12.3 Å². The molecule has 19 heavy (non-hydrogen) atoms. The van der Waals surface area contributed by atoms with Crippen molar-refractivity contribution in [3.63, 3.8) is 0 Å². The molecule has 1 unspecified atom stereocenters. The SMILES string of the molecule is COc1cccc2cc(C(CN)CCC(=O)O)oc12. The second kappa shape index (κ2) is 5.75. The van der Waals surface area contributed by atoms with Crippen LogP contribution in [0.25, 0.3) is 11.0 Å². The molecule has 0 fully saturated rings. The average molecular weight is 263 g/mol. The fraction of sp³-hybridized carbons (Fsp3) is 0.357. The van der Waals surface area contributed by atoms with Crippen LogP contribution in [0, 0.1) is 0 Å². The number of nitrogens with two attached hydrogens (primary N) is 1. The lowest BCUT2D eigenvalue weighted by atomic mass is 10.0. The largest absolute Gasteiger partial charge is 0.493 e. The molecule has 0 aliphatic heterocycles. The summed E-state index contributed by atoms with van der Waals surface area (Å²) in [5, 5.41) is 9.67. The van der Waals surface area contributed by atoms with Crippen LogP contribution < -0.4 is 10.5 Å². The van der Waals surface area contributed by atoms with Crippen molar-refractivity contribution in [2.75, 3.05) is 13.7 Å². The first-order chi connectivity index (χ1) is 9.15. The van der Waals surface area contributed by atoms with Gasteiger partial charge in [0.15, 0.2) is 11.3 Å². The summed E-state index contributed by atoms with van der Waals surface area (Å²) < 4.78 is 11.0. The molecule has 2 aromatic rings. The van der Waals surface area contributed by atoms with Gasteiger partial charge in [0, 0.05) is 24.3 Å². The number of aliphatic carboxylic acids is 1. The van der Waals surface area contributed by atoms with E-state index in [1.54, 1.807) is 7.11 Å². The highest BCUT2D eigenvalue weighted by Crippen LogP contribution is 2.32. The van der Waals surface area contributed by atoms with Gasteiger partial charge in [-0.3, -0.25) is 4.79 Å². The summed E-state index contributed by atoms with van der Waals surface area (Å²) in [4.78, 5) is 10.6. The van der Waals surface area contributed by atoms with Gasteiger partial charge in [0.2, 0.25) is 0 Å². The van der Waals surface area contributed by atoms with Crippen molar-refractivity contribution in [3.05, 3.63) is 30.0 Å². The standard InChI is InChI=1S/C14H17NO4/c1-18-11-4-2-3-9-7-12(19-14(9)11)10(8-15)5-6-13(16)17/h2-4,7,10H,5-6,8,15H2,1H3,(H,16,17). The molecule has 0 saturated carbocycles. The molecule has 0 spiro atoms. The van der Waals surface area contributed by atoms with Crippen molar-refractivity contribution < 1.29 is 19.1 Å². The monoisotopic (exact) mass is 263 g/mol. The van der Waals surface area contributed by atoms with Crippen molar-refractivity contribution in [2.45, 2.75) is 18.8 Å². The number of carboxylic acid groups (broad SMARTS) is 1. The molecule has 1 aromatic carbocycles. The highest BCUT2D eigenvalue weighted by atomic mass is 16.5. The normalized spacial score (nSPS) is 12.5. The predicted octanol–water partition coefficient (Wildman–Crippen LogP) is 2.35. The first-order valence-electron chi connectivity index (χ1n) is 6.14. The first-order valence-corrected chi connectivity index (χ1v) is 6.14. The highest BCUT2D eigenvalue weighted by molar-refractivity contribution is 5.83. The minimum atomic E-state index is -0.827. The Labute approximate surface area is 111 Å². The van der Waals surface area contributed by atoms with E-state index in [2.05, 4.69) is 0 Å². The zero-order chi connectivity index (χ0) is 13.8. The molecule has 5 heteroatoms. The van der Waals surface area contributed by atoms with Gasteiger partial charge in [0.25, 0.3) is 0 Å². The summed E-state index contributed by atoms with van der Waals surface area (Å²) in [5.41, 5.74) is 6.37. The number of rotatable bonds is 6. The van der Waals surface area contributed by atoms with E-state index >= 15 is 0 Å². The minimum Gasteiger partial charge on any atom is -0.493 e. The summed E-state index contributed by atoms with van der Waals surface area (Å²) >= 11 is 0.